The van der Waals surface area contributed by atoms with Crippen molar-refractivity contribution in [2.45, 2.75) is 25.8 Å². The van der Waals surface area contributed by atoms with Gasteiger partial charge in [0, 0.05) is 5.39 Å². The fraction of sp³-hybridized carbons (Fsp3) is 0.429. The fourth-order valence-corrected chi connectivity index (χ4v) is 2.54. The van der Waals surface area contributed by atoms with Crippen molar-refractivity contribution in [3.8, 4) is 0 Å². The van der Waals surface area contributed by atoms with Crippen LogP contribution in [0.3, 0.4) is 0 Å². The minimum atomic E-state index is 0.120. The van der Waals surface area contributed by atoms with E-state index in [1.807, 2.05) is 18.2 Å². The van der Waals surface area contributed by atoms with Gasteiger partial charge in [0.15, 0.2) is 0 Å². The molecule has 3 heteroatoms. The number of rotatable bonds is 4. The molecule has 17 heavy (non-hydrogen) atoms. The Morgan fingerprint density at radius 3 is 2.76 bits per heavy atom. The van der Waals surface area contributed by atoms with Crippen LogP contribution in [0.1, 0.15) is 31.6 Å². The number of para-hydroxylation sites is 1. The zero-order valence-corrected chi connectivity index (χ0v) is 10.0. The third-order valence-corrected chi connectivity index (χ3v) is 3.82. The molecule has 3 rings (SSSR count). The number of nitrogens with two attached hydrogens (primary N) is 1. The Morgan fingerprint density at radius 1 is 1.35 bits per heavy atom. The molecule has 0 spiro atoms. The summed E-state index contributed by atoms with van der Waals surface area (Å²) in [6, 6.07) is 10.3. The quantitative estimate of drug-likeness (QED) is 0.627. The Kier molecular flexibility index (Phi) is 2.65. The number of fused-ring (bicyclic) bond motifs is 1. The van der Waals surface area contributed by atoms with Gasteiger partial charge in [0.1, 0.15) is 11.3 Å². The molecule has 3 N–H and O–H groups in total. The SMILES string of the molecule is CC(C1CC1)C(NN)c1cc2ccccc2o1. The molecule has 0 aliphatic heterocycles. The second kappa shape index (κ2) is 4.17. The number of furan rings is 1. The first-order chi connectivity index (χ1) is 8.29. The van der Waals surface area contributed by atoms with E-state index in [4.69, 9.17) is 10.3 Å². The van der Waals surface area contributed by atoms with Crippen molar-refractivity contribution in [1.82, 2.24) is 5.43 Å². The summed E-state index contributed by atoms with van der Waals surface area (Å²) in [4.78, 5) is 0. The van der Waals surface area contributed by atoms with Gasteiger partial charge in [-0.15, -0.1) is 0 Å². The third-order valence-electron chi connectivity index (χ3n) is 3.82. The zero-order chi connectivity index (χ0) is 11.8. The van der Waals surface area contributed by atoms with Gasteiger partial charge in [-0.2, -0.15) is 0 Å². The van der Waals surface area contributed by atoms with E-state index in [0.29, 0.717) is 5.92 Å². The maximum Gasteiger partial charge on any atom is 0.134 e. The van der Waals surface area contributed by atoms with Crippen molar-refractivity contribution in [1.29, 1.82) is 0 Å². The first-order valence-electron chi connectivity index (χ1n) is 6.24. The van der Waals surface area contributed by atoms with E-state index in [1.54, 1.807) is 0 Å². The van der Waals surface area contributed by atoms with E-state index in [-0.39, 0.29) is 6.04 Å². The van der Waals surface area contributed by atoms with Gasteiger partial charge in [0.25, 0.3) is 0 Å². The predicted molar refractivity (Wildman–Crippen MR) is 68.2 cm³/mol. The van der Waals surface area contributed by atoms with Crippen LogP contribution in [-0.2, 0) is 0 Å². The summed E-state index contributed by atoms with van der Waals surface area (Å²) in [6.45, 7) is 2.25. The molecule has 1 saturated carbocycles. The van der Waals surface area contributed by atoms with Crippen molar-refractivity contribution < 1.29 is 4.42 Å². The van der Waals surface area contributed by atoms with Gasteiger partial charge in [-0.25, -0.2) is 5.43 Å². The molecule has 2 aromatic rings. The van der Waals surface area contributed by atoms with Crippen LogP contribution in [0, 0.1) is 11.8 Å². The van der Waals surface area contributed by atoms with E-state index < -0.39 is 0 Å². The summed E-state index contributed by atoms with van der Waals surface area (Å²) >= 11 is 0. The normalized spacial score (nSPS) is 19.4. The van der Waals surface area contributed by atoms with Crippen molar-refractivity contribution in [2.24, 2.45) is 17.7 Å². The highest BCUT2D eigenvalue weighted by Gasteiger charge is 2.35. The van der Waals surface area contributed by atoms with Crippen LogP contribution >= 0.6 is 0 Å². The molecule has 90 valence electrons. The lowest BCUT2D eigenvalue weighted by molar-refractivity contribution is 0.309. The third kappa shape index (κ3) is 1.96. The summed E-state index contributed by atoms with van der Waals surface area (Å²) in [5, 5.41) is 1.14. The van der Waals surface area contributed by atoms with E-state index in [9.17, 15) is 0 Å². The van der Waals surface area contributed by atoms with Crippen LogP contribution in [0.5, 0.6) is 0 Å². The predicted octanol–water partition coefficient (Wildman–Crippen LogP) is 2.98. The van der Waals surface area contributed by atoms with Gasteiger partial charge in [0.05, 0.1) is 6.04 Å². The summed E-state index contributed by atoms with van der Waals surface area (Å²) in [5.74, 6) is 7.96. The Balaban J connectivity index is 1.94. The second-order valence-electron chi connectivity index (χ2n) is 5.03. The Labute approximate surface area is 101 Å². The minimum Gasteiger partial charge on any atom is -0.459 e. The van der Waals surface area contributed by atoms with Gasteiger partial charge in [-0.05, 0) is 36.8 Å². The topological polar surface area (TPSA) is 51.2 Å². The summed E-state index contributed by atoms with van der Waals surface area (Å²) in [6.07, 6.45) is 2.64. The molecule has 1 heterocycles. The number of benzene rings is 1. The highest BCUT2D eigenvalue weighted by molar-refractivity contribution is 5.77. The van der Waals surface area contributed by atoms with Crippen LogP contribution in [-0.4, -0.2) is 0 Å². The Bertz CT molecular complexity index is 483. The van der Waals surface area contributed by atoms with Crippen molar-refractivity contribution in [2.75, 3.05) is 0 Å². The van der Waals surface area contributed by atoms with Gasteiger partial charge >= 0.3 is 0 Å². The molecule has 0 bridgehead atoms. The van der Waals surface area contributed by atoms with Gasteiger partial charge < -0.3 is 4.42 Å². The second-order valence-corrected chi connectivity index (χ2v) is 5.03. The number of hydrazine groups is 1. The lowest BCUT2D eigenvalue weighted by atomic mass is 9.95. The minimum absolute atomic E-state index is 0.120. The highest BCUT2D eigenvalue weighted by atomic mass is 16.3. The molecule has 1 aromatic carbocycles. The summed E-state index contributed by atoms with van der Waals surface area (Å²) in [7, 11) is 0. The Morgan fingerprint density at radius 2 is 2.12 bits per heavy atom. The maximum atomic E-state index is 5.88. The molecule has 1 aliphatic carbocycles. The highest BCUT2D eigenvalue weighted by Crippen LogP contribution is 2.43. The molecule has 2 atom stereocenters. The smallest absolute Gasteiger partial charge is 0.134 e. The monoisotopic (exact) mass is 230 g/mol. The standard InChI is InChI=1S/C14H18N2O/c1-9(10-6-7-10)14(16-15)13-8-11-4-2-3-5-12(11)17-13/h2-5,8-10,14,16H,6-7,15H2,1H3. The fourth-order valence-electron chi connectivity index (χ4n) is 2.54. The van der Waals surface area contributed by atoms with Crippen molar-refractivity contribution in [3.63, 3.8) is 0 Å². The van der Waals surface area contributed by atoms with Crippen LogP contribution < -0.4 is 11.3 Å². The molecule has 3 nitrogen and oxygen atoms in total. The average Bonchev–Trinajstić information content (AvgIpc) is 3.10. The lowest BCUT2D eigenvalue weighted by Crippen LogP contribution is -2.33. The molecular formula is C14H18N2O. The first kappa shape index (κ1) is 10.8. The summed E-state index contributed by atoms with van der Waals surface area (Å²) < 4.78 is 5.88. The van der Waals surface area contributed by atoms with Gasteiger partial charge in [-0.3, -0.25) is 5.84 Å². The average molecular weight is 230 g/mol. The van der Waals surface area contributed by atoms with Crippen LogP contribution in [0.2, 0.25) is 0 Å². The summed E-state index contributed by atoms with van der Waals surface area (Å²) in [5.41, 5.74) is 3.84. The molecule has 0 saturated heterocycles. The number of nitrogens with one attached hydrogen (secondary N) is 1. The Hall–Kier alpha value is -1.32. The van der Waals surface area contributed by atoms with Crippen LogP contribution in [0.4, 0.5) is 0 Å². The molecule has 1 aliphatic rings. The van der Waals surface area contributed by atoms with E-state index >= 15 is 0 Å². The van der Waals surface area contributed by atoms with Gasteiger partial charge in [-0.1, -0.05) is 25.1 Å². The first-order valence-corrected chi connectivity index (χ1v) is 6.24. The number of hydrogen-bond donors (Lipinski definition) is 2. The van der Waals surface area contributed by atoms with Crippen molar-refractivity contribution in [3.05, 3.63) is 36.1 Å². The van der Waals surface area contributed by atoms with Gasteiger partial charge in [0.2, 0.25) is 0 Å². The van der Waals surface area contributed by atoms with Crippen molar-refractivity contribution >= 4 is 11.0 Å². The van der Waals surface area contributed by atoms with E-state index in [1.165, 1.54) is 12.8 Å². The largest absolute Gasteiger partial charge is 0.459 e. The van der Waals surface area contributed by atoms with Crippen LogP contribution in [0.15, 0.2) is 34.7 Å². The molecule has 0 radical (unpaired) electrons. The molecule has 2 unspecified atom stereocenters. The maximum absolute atomic E-state index is 5.88. The molecule has 0 amide bonds. The lowest BCUT2D eigenvalue weighted by Gasteiger charge is -2.20. The molecule has 1 aromatic heterocycles. The van der Waals surface area contributed by atoms with Crippen LogP contribution in [0.25, 0.3) is 11.0 Å². The van der Waals surface area contributed by atoms with E-state index in [2.05, 4.69) is 24.5 Å². The zero-order valence-electron chi connectivity index (χ0n) is 10.0. The molecule has 1 fully saturated rings. The molecular weight excluding hydrogens is 212 g/mol. The van der Waals surface area contributed by atoms with E-state index in [0.717, 1.165) is 22.6 Å². The number of hydrogen-bond acceptors (Lipinski definition) is 3.